The molecule has 1 aliphatic rings. The van der Waals surface area contributed by atoms with E-state index in [0.29, 0.717) is 37.0 Å². The monoisotopic (exact) mass is 331 g/mol. The van der Waals surface area contributed by atoms with Crippen LogP contribution >= 0.6 is 0 Å². The summed E-state index contributed by atoms with van der Waals surface area (Å²) in [6.45, 7) is 4.79. The minimum Gasteiger partial charge on any atom is -0.464 e. The number of furan rings is 1. The standard InChI is InChI=1S/C18H25N3O3/c1-4-5-16-19-17(24-20-16)8-9-18(22)21(3)11-13-6-7-15(23-13)14-10-12(14)2/h6-7,12,14H,4-5,8-11H2,1-3H3. The third kappa shape index (κ3) is 4.04. The molecule has 3 rings (SSSR count). The zero-order chi connectivity index (χ0) is 17.1. The van der Waals surface area contributed by atoms with Crippen LogP contribution in [0.5, 0.6) is 0 Å². The third-order valence-electron chi connectivity index (χ3n) is 4.51. The molecule has 0 aromatic carbocycles. The van der Waals surface area contributed by atoms with E-state index >= 15 is 0 Å². The van der Waals surface area contributed by atoms with E-state index in [0.717, 1.165) is 30.3 Å². The van der Waals surface area contributed by atoms with Gasteiger partial charge in [-0.15, -0.1) is 0 Å². The maximum atomic E-state index is 12.3. The van der Waals surface area contributed by atoms with Crippen molar-refractivity contribution in [2.24, 2.45) is 5.92 Å². The van der Waals surface area contributed by atoms with Crippen LogP contribution in [0.2, 0.25) is 0 Å². The molecule has 1 saturated carbocycles. The fourth-order valence-electron chi connectivity index (χ4n) is 2.84. The number of carbonyl (C=O) groups excluding carboxylic acids is 1. The van der Waals surface area contributed by atoms with E-state index in [1.54, 1.807) is 11.9 Å². The summed E-state index contributed by atoms with van der Waals surface area (Å²) in [5, 5.41) is 3.90. The van der Waals surface area contributed by atoms with Crippen LogP contribution in [0.3, 0.4) is 0 Å². The average molecular weight is 331 g/mol. The number of amides is 1. The molecule has 6 heteroatoms. The zero-order valence-electron chi connectivity index (χ0n) is 14.6. The summed E-state index contributed by atoms with van der Waals surface area (Å²) in [5.41, 5.74) is 0. The quantitative estimate of drug-likeness (QED) is 0.742. The fourth-order valence-corrected chi connectivity index (χ4v) is 2.84. The maximum Gasteiger partial charge on any atom is 0.227 e. The predicted molar refractivity (Wildman–Crippen MR) is 88.3 cm³/mol. The van der Waals surface area contributed by atoms with Crippen molar-refractivity contribution in [2.75, 3.05) is 7.05 Å². The molecule has 6 nitrogen and oxygen atoms in total. The van der Waals surface area contributed by atoms with Gasteiger partial charge in [0.15, 0.2) is 5.82 Å². The van der Waals surface area contributed by atoms with Gasteiger partial charge in [0.25, 0.3) is 0 Å². The molecule has 1 fully saturated rings. The highest BCUT2D eigenvalue weighted by atomic mass is 16.5. The summed E-state index contributed by atoms with van der Waals surface area (Å²) in [6.07, 6.45) is 3.81. The Morgan fingerprint density at radius 3 is 2.88 bits per heavy atom. The Balaban J connectivity index is 1.46. The van der Waals surface area contributed by atoms with Crippen LogP contribution in [-0.2, 0) is 24.2 Å². The van der Waals surface area contributed by atoms with Gasteiger partial charge in [-0.25, -0.2) is 0 Å². The van der Waals surface area contributed by atoms with Gasteiger partial charge >= 0.3 is 0 Å². The van der Waals surface area contributed by atoms with E-state index in [2.05, 4.69) is 24.0 Å². The lowest BCUT2D eigenvalue weighted by atomic mass is 10.2. The van der Waals surface area contributed by atoms with Crippen LogP contribution in [0.15, 0.2) is 21.1 Å². The van der Waals surface area contributed by atoms with Crippen LogP contribution < -0.4 is 0 Å². The summed E-state index contributed by atoms with van der Waals surface area (Å²) in [6, 6.07) is 4.01. The van der Waals surface area contributed by atoms with E-state index in [-0.39, 0.29) is 5.91 Å². The van der Waals surface area contributed by atoms with E-state index in [4.69, 9.17) is 8.94 Å². The lowest BCUT2D eigenvalue weighted by Crippen LogP contribution is -2.26. The van der Waals surface area contributed by atoms with E-state index in [9.17, 15) is 4.79 Å². The van der Waals surface area contributed by atoms with Crippen LogP contribution in [0, 0.1) is 5.92 Å². The first kappa shape index (κ1) is 16.7. The van der Waals surface area contributed by atoms with E-state index < -0.39 is 0 Å². The van der Waals surface area contributed by atoms with Gasteiger partial charge in [-0.3, -0.25) is 4.79 Å². The van der Waals surface area contributed by atoms with Crippen LogP contribution in [0.1, 0.15) is 62.3 Å². The fraction of sp³-hybridized carbons (Fsp3) is 0.611. The second kappa shape index (κ2) is 7.20. The lowest BCUT2D eigenvalue weighted by molar-refractivity contribution is -0.130. The lowest BCUT2D eigenvalue weighted by Gasteiger charge is -2.15. The molecule has 24 heavy (non-hydrogen) atoms. The molecule has 0 radical (unpaired) electrons. The Morgan fingerprint density at radius 2 is 2.17 bits per heavy atom. The van der Waals surface area contributed by atoms with Crippen molar-refractivity contribution in [3.63, 3.8) is 0 Å². The van der Waals surface area contributed by atoms with E-state index in [1.165, 1.54) is 6.42 Å². The minimum absolute atomic E-state index is 0.0444. The number of nitrogens with zero attached hydrogens (tertiary/aromatic N) is 3. The number of aromatic nitrogens is 2. The second-order valence-electron chi connectivity index (χ2n) is 6.73. The maximum absolute atomic E-state index is 12.3. The molecule has 2 unspecified atom stereocenters. The molecule has 0 aliphatic heterocycles. The summed E-state index contributed by atoms with van der Waals surface area (Å²) in [5.74, 6) is 4.46. The van der Waals surface area contributed by atoms with Crippen molar-refractivity contribution < 1.29 is 13.7 Å². The molecule has 1 aliphatic carbocycles. The van der Waals surface area contributed by atoms with Crippen LogP contribution in [-0.4, -0.2) is 28.0 Å². The van der Waals surface area contributed by atoms with Crippen LogP contribution in [0.4, 0.5) is 0 Å². The first-order chi connectivity index (χ1) is 11.6. The smallest absolute Gasteiger partial charge is 0.227 e. The van der Waals surface area contributed by atoms with Crippen molar-refractivity contribution in [1.82, 2.24) is 15.0 Å². The predicted octanol–water partition coefficient (Wildman–Crippen LogP) is 3.33. The molecule has 0 spiro atoms. The zero-order valence-corrected chi connectivity index (χ0v) is 14.6. The molecule has 2 aromatic rings. The summed E-state index contributed by atoms with van der Waals surface area (Å²) in [7, 11) is 1.79. The normalized spacial score (nSPS) is 19.5. The van der Waals surface area contributed by atoms with Crippen molar-refractivity contribution in [3.05, 3.63) is 35.4 Å². The molecule has 2 heterocycles. The summed E-state index contributed by atoms with van der Waals surface area (Å²) >= 11 is 0. The number of carbonyl (C=O) groups is 1. The van der Waals surface area contributed by atoms with Gasteiger partial charge in [0, 0.05) is 32.2 Å². The first-order valence-electron chi connectivity index (χ1n) is 8.70. The highest BCUT2D eigenvalue weighted by Crippen LogP contribution is 2.47. The molecular formula is C18H25N3O3. The molecule has 0 N–H and O–H groups in total. The Bertz CT molecular complexity index is 691. The SMILES string of the molecule is CCCc1noc(CCC(=O)N(C)Cc2ccc(C3CC3C)o2)n1. The van der Waals surface area contributed by atoms with Gasteiger partial charge in [-0.05, 0) is 30.9 Å². The third-order valence-corrected chi connectivity index (χ3v) is 4.51. The highest BCUT2D eigenvalue weighted by molar-refractivity contribution is 5.75. The summed E-state index contributed by atoms with van der Waals surface area (Å²) in [4.78, 5) is 18.2. The number of aryl methyl sites for hydroxylation is 2. The largest absolute Gasteiger partial charge is 0.464 e. The number of hydrogen-bond acceptors (Lipinski definition) is 5. The van der Waals surface area contributed by atoms with Crippen molar-refractivity contribution in [1.29, 1.82) is 0 Å². The molecular weight excluding hydrogens is 306 g/mol. The average Bonchev–Trinajstić information content (AvgIpc) is 2.96. The topological polar surface area (TPSA) is 72.4 Å². The Hall–Kier alpha value is -2.11. The first-order valence-corrected chi connectivity index (χ1v) is 8.70. The molecule has 0 bridgehead atoms. The van der Waals surface area contributed by atoms with Gasteiger partial charge < -0.3 is 13.8 Å². The van der Waals surface area contributed by atoms with Crippen molar-refractivity contribution in [3.8, 4) is 0 Å². The highest BCUT2D eigenvalue weighted by Gasteiger charge is 2.36. The summed E-state index contributed by atoms with van der Waals surface area (Å²) < 4.78 is 11.0. The molecule has 2 aromatic heterocycles. The number of rotatable bonds is 8. The van der Waals surface area contributed by atoms with Gasteiger partial charge in [0.1, 0.15) is 11.5 Å². The van der Waals surface area contributed by atoms with Crippen LogP contribution in [0.25, 0.3) is 0 Å². The van der Waals surface area contributed by atoms with Crippen molar-refractivity contribution in [2.45, 2.75) is 58.4 Å². The van der Waals surface area contributed by atoms with Gasteiger partial charge in [0.2, 0.25) is 11.8 Å². The van der Waals surface area contributed by atoms with Gasteiger partial charge in [-0.2, -0.15) is 4.98 Å². The Labute approximate surface area is 142 Å². The van der Waals surface area contributed by atoms with E-state index in [1.807, 2.05) is 12.1 Å². The molecule has 1 amide bonds. The second-order valence-corrected chi connectivity index (χ2v) is 6.73. The minimum atomic E-state index is 0.0444. The molecule has 130 valence electrons. The number of hydrogen-bond donors (Lipinski definition) is 0. The Morgan fingerprint density at radius 1 is 1.38 bits per heavy atom. The molecule has 0 saturated heterocycles. The van der Waals surface area contributed by atoms with Crippen molar-refractivity contribution >= 4 is 5.91 Å². The Kier molecular flexibility index (Phi) is 5.02. The van der Waals surface area contributed by atoms with Gasteiger partial charge in [-0.1, -0.05) is 19.0 Å². The van der Waals surface area contributed by atoms with Gasteiger partial charge in [0.05, 0.1) is 6.54 Å². The molecule has 2 atom stereocenters.